The molecule has 0 radical (unpaired) electrons. The Kier molecular flexibility index (Phi) is 17.4. The fourth-order valence-electron chi connectivity index (χ4n) is 3.79. The Morgan fingerprint density at radius 1 is 1.08 bits per heavy atom. The van der Waals surface area contributed by atoms with E-state index in [9.17, 15) is 0 Å². The van der Waals surface area contributed by atoms with Gasteiger partial charge in [0.25, 0.3) is 0 Å². The van der Waals surface area contributed by atoms with Crippen molar-refractivity contribution in [1.29, 1.82) is 0 Å². The van der Waals surface area contributed by atoms with Gasteiger partial charge in [0.1, 0.15) is 16.7 Å². The number of benzene rings is 1. The molecule has 1 aliphatic heterocycles. The van der Waals surface area contributed by atoms with Crippen molar-refractivity contribution in [3.05, 3.63) is 59.0 Å². The molecule has 11 heteroatoms. The summed E-state index contributed by atoms with van der Waals surface area (Å²) in [6, 6.07) is 12.7. The minimum absolute atomic E-state index is 0. The zero-order chi connectivity index (χ0) is 26.9. The van der Waals surface area contributed by atoms with Crippen molar-refractivity contribution < 1.29 is 5.11 Å². The molecule has 1 aliphatic rings. The van der Waals surface area contributed by atoms with Crippen molar-refractivity contribution in [3.8, 4) is 0 Å². The molecular weight excluding hydrogens is 520 g/mol. The number of aryl methyl sites for hydroxylation is 1. The van der Waals surface area contributed by atoms with Crippen molar-refractivity contribution >= 4 is 36.9 Å². The summed E-state index contributed by atoms with van der Waals surface area (Å²) < 4.78 is 1.71. The van der Waals surface area contributed by atoms with Crippen LogP contribution in [0.25, 0.3) is 0 Å². The molecule has 3 heterocycles. The Balaban J connectivity index is 0.00000112. The smallest absolute Gasteiger partial charge is 0.226 e. The molecule has 4 rings (SSSR count). The van der Waals surface area contributed by atoms with Crippen molar-refractivity contribution in [2.75, 3.05) is 30.3 Å². The summed E-state index contributed by atoms with van der Waals surface area (Å²) in [7, 11) is 0. The molecule has 3 N–H and O–H groups in total. The van der Waals surface area contributed by atoms with Crippen molar-refractivity contribution in [2.45, 2.75) is 79.1 Å². The lowest BCUT2D eigenvalue weighted by Crippen LogP contribution is -2.38. The van der Waals surface area contributed by atoms with Crippen molar-refractivity contribution in [2.24, 2.45) is 0 Å². The van der Waals surface area contributed by atoms with Crippen LogP contribution in [-0.4, -0.2) is 60.7 Å². The van der Waals surface area contributed by atoms with Crippen LogP contribution in [0, 0.1) is 0 Å². The molecule has 0 unspecified atom stereocenters. The Morgan fingerprint density at radius 2 is 1.76 bits per heavy atom. The maximum atomic E-state index is 8.92. The largest absolute Gasteiger partial charge is 0.396 e. The molecule has 3 aromatic rings. The summed E-state index contributed by atoms with van der Waals surface area (Å²) in [5.74, 6) is 1.17. The predicted octanol–water partition coefficient (Wildman–Crippen LogP) is 5.35. The molecule has 2 aromatic heterocycles. The molecule has 0 aliphatic carbocycles. The number of aliphatic hydroxyl groups excluding tert-OH is 1. The van der Waals surface area contributed by atoms with Gasteiger partial charge < -0.3 is 15.7 Å². The number of likely N-dealkylation sites (tertiary alicyclic amines) is 1. The quantitative estimate of drug-likeness (QED) is 0.283. The van der Waals surface area contributed by atoms with E-state index >= 15 is 0 Å². The van der Waals surface area contributed by atoms with Gasteiger partial charge in [0, 0.05) is 44.9 Å². The van der Waals surface area contributed by atoms with Gasteiger partial charge in [-0.25, -0.2) is 4.98 Å². The second kappa shape index (κ2) is 19.6. The first-order chi connectivity index (χ1) is 18.1. The van der Waals surface area contributed by atoms with Gasteiger partial charge in [-0.1, -0.05) is 81.3 Å². The first-order valence-corrected chi connectivity index (χ1v) is 13.8. The maximum Gasteiger partial charge on any atom is 0.226 e. The topological polar surface area (TPSA) is 104 Å². The number of nitrogens with zero attached hydrogens (tertiary/aromatic N) is 6. The lowest BCUT2D eigenvalue weighted by Gasteiger charge is -2.32. The van der Waals surface area contributed by atoms with Crippen LogP contribution in [0.4, 0.5) is 11.8 Å². The third kappa shape index (κ3) is 12.4. The number of aromatic nitrogens is 5. The average molecular weight is 565 g/mol. The molecule has 0 amide bonds. The van der Waals surface area contributed by atoms with Crippen LogP contribution in [-0.2, 0) is 19.6 Å². The van der Waals surface area contributed by atoms with Crippen LogP contribution in [0.1, 0.15) is 64.6 Å². The van der Waals surface area contributed by atoms with E-state index in [2.05, 4.69) is 80.0 Å². The lowest BCUT2D eigenvalue weighted by molar-refractivity contribution is 0.211. The first-order valence-electron chi connectivity index (χ1n) is 13.4. The van der Waals surface area contributed by atoms with Gasteiger partial charge in [-0.2, -0.15) is 18.5 Å². The SMILES string of the molecule is CC.CCC.OCCCn1cc(CNc2nc(Cl)cc(NC3CCN(Cc4ccccc4)CC3)n2)nn1.S. The molecule has 0 atom stereocenters. The molecule has 9 nitrogen and oxygen atoms in total. The van der Waals surface area contributed by atoms with Crippen LogP contribution in [0.5, 0.6) is 0 Å². The van der Waals surface area contributed by atoms with Gasteiger partial charge in [0.2, 0.25) is 5.95 Å². The molecule has 38 heavy (non-hydrogen) atoms. The molecule has 1 fully saturated rings. The highest BCUT2D eigenvalue weighted by Crippen LogP contribution is 2.20. The van der Waals surface area contributed by atoms with E-state index in [1.54, 1.807) is 10.7 Å². The number of hydrogen-bond donors (Lipinski definition) is 3. The van der Waals surface area contributed by atoms with E-state index in [1.807, 2.05) is 20.0 Å². The second-order valence-corrected chi connectivity index (χ2v) is 9.08. The lowest BCUT2D eigenvalue weighted by atomic mass is 10.0. The van der Waals surface area contributed by atoms with Crippen LogP contribution >= 0.6 is 25.1 Å². The minimum Gasteiger partial charge on any atom is -0.396 e. The number of aliphatic hydroxyl groups is 1. The average Bonchev–Trinajstić information content (AvgIpc) is 3.37. The third-order valence-electron chi connectivity index (χ3n) is 5.44. The van der Waals surface area contributed by atoms with E-state index < -0.39 is 0 Å². The van der Waals surface area contributed by atoms with E-state index in [4.69, 9.17) is 16.7 Å². The standard InChI is InChI=1S/C22H29ClN8O.C3H8.C2H6.H2S/c23-20-13-21(25-18-7-10-30(11-8-18)15-17-5-2-1-3-6-17)27-22(26-20)24-14-19-16-31(29-28-19)9-4-12-32;1-3-2;1-2;/h1-3,5-6,13,16,18,32H,4,7-12,14-15H2,(H2,24,25,26,27);3H2,1-2H3;1-2H3;1H2. The maximum absolute atomic E-state index is 8.92. The van der Waals surface area contributed by atoms with Crippen LogP contribution in [0.15, 0.2) is 42.6 Å². The molecule has 1 saturated heterocycles. The number of hydrogen-bond acceptors (Lipinski definition) is 8. The zero-order valence-corrected chi connectivity index (χ0v) is 25.0. The summed E-state index contributed by atoms with van der Waals surface area (Å²) in [5.41, 5.74) is 2.12. The number of rotatable bonds is 10. The van der Waals surface area contributed by atoms with E-state index in [1.165, 1.54) is 12.0 Å². The van der Waals surface area contributed by atoms with Crippen molar-refractivity contribution in [1.82, 2.24) is 29.9 Å². The highest BCUT2D eigenvalue weighted by atomic mass is 35.5. The van der Waals surface area contributed by atoms with Gasteiger partial charge in [-0.3, -0.25) is 9.58 Å². The highest BCUT2D eigenvalue weighted by Gasteiger charge is 2.20. The van der Waals surface area contributed by atoms with E-state index in [0.717, 1.165) is 44.0 Å². The Hall–Kier alpha value is -2.40. The number of anilines is 2. The van der Waals surface area contributed by atoms with Gasteiger partial charge in [0.05, 0.1) is 12.7 Å². The molecule has 1 aromatic carbocycles. The summed E-state index contributed by atoms with van der Waals surface area (Å²) in [5, 5.41) is 24.1. The Morgan fingerprint density at radius 3 is 2.42 bits per heavy atom. The Labute approximate surface area is 239 Å². The van der Waals surface area contributed by atoms with E-state index in [0.29, 0.717) is 36.7 Å². The third-order valence-corrected chi connectivity index (χ3v) is 5.64. The molecular formula is C27H45ClN8OS. The summed E-state index contributed by atoms with van der Waals surface area (Å²) in [6.45, 7) is 12.5. The van der Waals surface area contributed by atoms with Gasteiger partial charge in [-0.05, 0) is 24.8 Å². The number of halogens is 1. The normalized spacial score (nSPS) is 13.3. The monoisotopic (exact) mass is 564 g/mol. The van der Waals surface area contributed by atoms with Crippen LogP contribution < -0.4 is 10.6 Å². The molecule has 0 bridgehead atoms. The number of nitrogens with one attached hydrogen (secondary N) is 2. The van der Waals surface area contributed by atoms with Crippen molar-refractivity contribution in [3.63, 3.8) is 0 Å². The fourth-order valence-corrected chi connectivity index (χ4v) is 3.97. The van der Waals surface area contributed by atoms with Gasteiger partial charge >= 0.3 is 0 Å². The predicted molar refractivity (Wildman–Crippen MR) is 162 cm³/mol. The summed E-state index contributed by atoms with van der Waals surface area (Å²) in [4.78, 5) is 11.3. The summed E-state index contributed by atoms with van der Waals surface area (Å²) in [6.07, 6.45) is 5.84. The van der Waals surface area contributed by atoms with Gasteiger partial charge in [-0.15, -0.1) is 5.10 Å². The minimum atomic E-state index is 0. The first kappa shape index (κ1) is 33.6. The number of piperidine rings is 1. The molecule has 0 spiro atoms. The van der Waals surface area contributed by atoms with E-state index in [-0.39, 0.29) is 20.1 Å². The second-order valence-electron chi connectivity index (χ2n) is 8.69. The Bertz CT molecular complexity index is 1000. The van der Waals surface area contributed by atoms with Gasteiger partial charge in [0.15, 0.2) is 0 Å². The molecule has 212 valence electrons. The zero-order valence-electron chi connectivity index (χ0n) is 23.2. The highest BCUT2D eigenvalue weighted by molar-refractivity contribution is 7.59. The van der Waals surface area contributed by atoms with Crippen LogP contribution in [0.3, 0.4) is 0 Å². The van der Waals surface area contributed by atoms with Crippen LogP contribution in [0.2, 0.25) is 5.15 Å². The molecule has 0 saturated carbocycles. The summed E-state index contributed by atoms with van der Waals surface area (Å²) >= 11 is 6.23. The fraction of sp³-hybridized carbons (Fsp3) is 0.556.